The van der Waals surface area contributed by atoms with Crippen molar-refractivity contribution in [3.8, 4) is 22.3 Å². The Labute approximate surface area is 233 Å². The summed E-state index contributed by atoms with van der Waals surface area (Å²) in [5, 5.41) is 18.9. The van der Waals surface area contributed by atoms with Gasteiger partial charge in [0.15, 0.2) is 0 Å². The molecule has 0 saturated heterocycles. The van der Waals surface area contributed by atoms with E-state index in [-0.39, 0.29) is 11.1 Å². The molecule has 0 atom stereocenters. The van der Waals surface area contributed by atoms with Gasteiger partial charge in [0.1, 0.15) is 11.0 Å². The van der Waals surface area contributed by atoms with Crippen LogP contribution < -0.4 is 4.90 Å². The van der Waals surface area contributed by atoms with E-state index in [1.165, 1.54) is 12.1 Å². The van der Waals surface area contributed by atoms with Gasteiger partial charge in [0.25, 0.3) is 0 Å². The molecule has 7 nitrogen and oxygen atoms in total. The third kappa shape index (κ3) is 4.57. The van der Waals surface area contributed by atoms with Crippen LogP contribution in [0.15, 0.2) is 115 Å². The summed E-state index contributed by atoms with van der Waals surface area (Å²) in [5.41, 5.74) is 6.98. The van der Waals surface area contributed by atoms with Crippen molar-refractivity contribution < 1.29 is 19.8 Å². The zero-order chi connectivity index (χ0) is 27.6. The first-order valence-corrected chi connectivity index (χ1v) is 13.1. The van der Waals surface area contributed by atoms with E-state index >= 15 is 0 Å². The fraction of sp³-hybridized carbons (Fsp3) is 0. The van der Waals surface area contributed by atoms with Crippen molar-refractivity contribution in [1.82, 2.24) is 8.75 Å². The molecular weight excluding hydrogens is 522 g/mol. The average Bonchev–Trinajstić information content (AvgIpc) is 3.48. The predicted octanol–water partition coefficient (Wildman–Crippen LogP) is 7.89. The van der Waals surface area contributed by atoms with Gasteiger partial charge in [-0.05, 0) is 59.7 Å². The Balaban J connectivity index is 1.40. The minimum absolute atomic E-state index is 0.263. The van der Waals surface area contributed by atoms with Crippen LogP contribution in [0.2, 0.25) is 0 Å². The van der Waals surface area contributed by atoms with Gasteiger partial charge >= 0.3 is 11.9 Å². The Morgan fingerprint density at radius 3 is 1.55 bits per heavy atom. The van der Waals surface area contributed by atoms with Gasteiger partial charge in [-0.25, -0.2) is 9.59 Å². The number of hydrogen-bond donors (Lipinski definition) is 2. The molecule has 2 N–H and O–H groups in total. The first kappa shape index (κ1) is 25.0. The predicted molar refractivity (Wildman–Crippen MR) is 157 cm³/mol. The van der Waals surface area contributed by atoms with Gasteiger partial charge in [0.05, 0.1) is 22.9 Å². The minimum atomic E-state index is -1.30. The normalized spacial score (nSPS) is 10.9. The fourth-order valence-corrected chi connectivity index (χ4v) is 5.37. The largest absolute Gasteiger partial charge is 0.478 e. The Bertz CT molecular complexity index is 1810. The van der Waals surface area contributed by atoms with Crippen molar-refractivity contribution in [2.24, 2.45) is 0 Å². The molecule has 0 amide bonds. The molecule has 1 aromatic heterocycles. The van der Waals surface area contributed by atoms with Crippen molar-refractivity contribution in [3.05, 3.63) is 126 Å². The van der Waals surface area contributed by atoms with Crippen LogP contribution in [0.5, 0.6) is 0 Å². The molecule has 0 radical (unpaired) electrons. The number of aromatic nitrogens is 2. The first-order chi connectivity index (χ1) is 19.5. The third-order valence-electron chi connectivity index (χ3n) is 6.67. The number of carboxylic acids is 2. The summed E-state index contributed by atoms with van der Waals surface area (Å²) in [7, 11) is 0. The van der Waals surface area contributed by atoms with E-state index in [0.29, 0.717) is 22.2 Å². The van der Waals surface area contributed by atoms with E-state index in [2.05, 4.69) is 50.0 Å². The zero-order valence-electron chi connectivity index (χ0n) is 20.9. The van der Waals surface area contributed by atoms with Gasteiger partial charge in [-0.1, -0.05) is 66.7 Å². The summed E-state index contributed by atoms with van der Waals surface area (Å²) < 4.78 is 9.04. The fourth-order valence-electron chi connectivity index (χ4n) is 4.80. The van der Waals surface area contributed by atoms with Gasteiger partial charge in [-0.2, -0.15) is 8.75 Å². The van der Waals surface area contributed by atoms with E-state index in [1.54, 1.807) is 6.07 Å². The monoisotopic (exact) mass is 543 g/mol. The SMILES string of the molecule is O=C(O)c1ccc(-c2ccc(-c3ccc(N(c4ccccc4)c4ccccc4)cc3)c3nsnc23)cc1C(=O)O. The Hall–Kier alpha value is -5.34. The lowest BCUT2D eigenvalue weighted by atomic mass is 9.95. The minimum Gasteiger partial charge on any atom is -0.478 e. The van der Waals surface area contributed by atoms with Crippen LogP contribution in [0, 0.1) is 0 Å². The van der Waals surface area contributed by atoms with Crippen molar-refractivity contribution in [2.45, 2.75) is 0 Å². The van der Waals surface area contributed by atoms with Crippen molar-refractivity contribution in [2.75, 3.05) is 4.90 Å². The lowest BCUT2D eigenvalue weighted by Crippen LogP contribution is -2.09. The van der Waals surface area contributed by atoms with Crippen molar-refractivity contribution >= 4 is 51.8 Å². The number of nitrogens with zero attached hydrogens (tertiary/aromatic N) is 3. The van der Waals surface area contributed by atoms with E-state index in [4.69, 9.17) is 0 Å². The molecule has 0 bridgehead atoms. The third-order valence-corrected chi connectivity index (χ3v) is 7.20. The molecule has 40 heavy (non-hydrogen) atoms. The standard InChI is InChI=1S/C32H21N3O4S/c36-31(37)27-16-13-21(19-28(27)32(38)39)26-18-17-25(29-30(26)34-40-33-29)20-11-14-24(15-12-20)35(22-7-3-1-4-8-22)23-9-5-2-6-10-23/h1-19H,(H,36,37)(H,38,39). The number of rotatable bonds is 7. The molecule has 6 aromatic rings. The number of aromatic carboxylic acids is 2. The van der Waals surface area contributed by atoms with Gasteiger partial charge < -0.3 is 15.1 Å². The highest BCUT2D eigenvalue weighted by atomic mass is 32.1. The Morgan fingerprint density at radius 2 is 1.02 bits per heavy atom. The summed E-state index contributed by atoms with van der Waals surface area (Å²) >= 11 is 1.07. The molecule has 0 aliphatic rings. The maximum atomic E-state index is 11.7. The molecule has 0 unspecified atom stereocenters. The van der Waals surface area contributed by atoms with E-state index < -0.39 is 11.9 Å². The van der Waals surface area contributed by atoms with Gasteiger partial charge in [-0.15, -0.1) is 0 Å². The molecule has 0 aliphatic carbocycles. The zero-order valence-corrected chi connectivity index (χ0v) is 21.7. The molecule has 0 aliphatic heterocycles. The summed E-state index contributed by atoms with van der Waals surface area (Å²) in [4.78, 5) is 25.4. The van der Waals surface area contributed by atoms with Gasteiger partial charge in [0.2, 0.25) is 0 Å². The first-order valence-electron chi connectivity index (χ1n) is 12.4. The van der Waals surface area contributed by atoms with Crippen LogP contribution in [0.25, 0.3) is 33.3 Å². The number of anilines is 3. The number of hydrogen-bond acceptors (Lipinski definition) is 6. The lowest BCUT2D eigenvalue weighted by Gasteiger charge is -2.25. The van der Waals surface area contributed by atoms with Crippen LogP contribution >= 0.6 is 11.7 Å². The van der Waals surface area contributed by atoms with E-state index in [9.17, 15) is 19.8 Å². The van der Waals surface area contributed by atoms with Gasteiger partial charge in [0, 0.05) is 28.2 Å². The smallest absolute Gasteiger partial charge is 0.336 e. The van der Waals surface area contributed by atoms with Crippen molar-refractivity contribution in [1.29, 1.82) is 0 Å². The number of fused-ring (bicyclic) bond motifs is 1. The summed E-state index contributed by atoms with van der Waals surface area (Å²) in [6, 6.07) is 36.7. The van der Waals surface area contributed by atoms with Gasteiger partial charge in [-0.3, -0.25) is 0 Å². The summed E-state index contributed by atoms with van der Waals surface area (Å²) in [6.07, 6.45) is 0. The quantitative estimate of drug-likeness (QED) is 0.211. The molecule has 0 saturated carbocycles. The molecule has 194 valence electrons. The number of para-hydroxylation sites is 2. The Morgan fingerprint density at radius 1 is 0.550 bits per heavy atom. The van der Waals surface area contributed by atoms with E-state index in [1.807, 2.05) is 60.7 Å². The molecule has 5 aromatic carbocycles. The van der Waals surface area contributed by atoms with Crippen LogP contribution in [0.4, 0.5) is 17.1 Å². The molecule has 6 rings (SSSR count). The second-order valence-corrected chi connectivity index (χ2v) is 9.57. The lowest BCUT2D eigenvalue weighted by molar-refractivity contribution is 0.0651. The van der Waals surface area contributed by atoms with Crippen molar-refractivity contribution in [3.63, 3.8) is 0 Å². The average molecular weight is 544 g/mol. The number of benzene rings is 5. The summed E-state index contributed by atoms with van der Waals surface area (Å²) in [5.74, 6) is -2.59. The topological polar surface area (TPSA) is 104 Å². The molecule has 0 fully saturated rings. The summed E-state index contributed by atoms with van der Waals surface area (Å²) in [6.45, 7) is 0. The maximum Gasteiger partial charge on any atom is 0.336 e. The second-order valence-electron chi connectivity index (χ2n) is 9.05. The molecule has 0 spiro atoms. The van der Waals surface area contributed by atoms with Crippen LogP contribution in [-0.4, -0.2) is 30.9 Å². The van der Waals surface area contributed by atoms with Crippen LogP contribution in [0.3, 0.4) is 0 Å². The molecular formula is C32H21N3O4S. The highest BCUT2D eigenvalue weighted by Crippen LogP contribution is 2.38. The van der Waals surface area contributed by atoms with E-state index in [0.717, 1.165) is 39.9 Å². The Kier molecular flexibility index (Phi) is 6.51. The van der Waals surface area contributed by atoms with Crippen LogP contribution in [0.1, 0.15) is 20.7 Å². The number of carbonyl (C=O) groups is 2. The molecule has 1 heterocycles. The highest BCUT2D eigenvalue weighted by Gasteiger charge is 2.20. The second kappa shape index (κ2) is 10.4. The highest BCUT2D eigenvalue weighted by molar-refractivity contribution is 7.00. The van der Waals surface area contributed by atoms with Crippen LogP contribution in [-0.2, 0) is 0 Å². The maximum absolute atomic E-state index is 11.7. The molecule has 8 heteroatoms. The number of carboxylic acid groups (broad SMARTS) is 2.